The lowest BCUT2D eigenvalue weighted by atomic mass is 9.76. The van der Waals surface area contributed by atoms with E-state index in [0.717, 1.165) is 25.7 Å². The van der Waals surface area contributed by atoms with Crippen molar-refractivity contribution < 1.29 is 9.53 Å². The summed E-state index contributed by atoms with van der Waals surface area (Å²) in [6, 6.07) is 5.62. The lowest BCUT2D eigenvalue weighted by molar-refractivity contribution is -0.129. The molecule has 2 atom stereocenters. The van der Waals surface area contributed by atoms with E-state index in [9.17, 15) is 10.1 Å². The second-order valence-electron chi connectivity index (χ2n) is 6.88. The Hall–Kier alpha value is -1.44. The van der Waals surface area contributed by atoms with E-state index in [2.05, 4.69) is 11.4 Å². The number of benzene rings is 1. The summed E-state index contributed by atoms with van der Waals surface area (Å²) in [7, 11) is 0. The molecule has 1 N–H and O–H groups in total. The maximum atomic E-state index is 12.6. The second kappa shape index (κ2) is 8.29. The van der Waals surface area contributed by atoms with Crippen LogP contribution in [0.4, 0.5) is 0 Å². The smallest absolute Gasteiger partial charge is 0.262 e. The molecule has 1 saturated carbocycles. The fourth-order valence-corrected chi connectivity index (χ4v) is 3.65. The van der Waals surface area contributed by atoms with Crippen LogP contribution in [0.5, 0.6) is 5.75 Å². The fourth-order valence-electron chi connectivity index (χ4n) is 3.23. The van der Waals surface area contributed by atoms with E-state index in [4.69, 9.17) is 27.9 Å². The van der Waals surface area contributed by atoms with Gasteiger partial charge in [-0.1, -0.05) is 42.5 Å². The van der Waals surface area contributed by atoms with Gasteiger partial charge < -0.3 is 10.1 Å². The van der Waals surface area contributed by atoms with Crippen LogP contribution in [0.15, 0.2) is 12.1 Å². The topological polar surface area (TPSA) is 62.1 Å². The first-order chi connectivity index (χ1) is 11.8. The minimum atomic E-state index is -0.880. The highest BCUT2D eigenvalue weighted by Crippen LogP contribution is 2.34. The van der Waals surface area contributed by atoms with Crippen LogP contribution >= 0.6 is 23.2 Å². The minimum Gasteiger partial charge on any atom is -0.479 e. The Morgan fingerprint density at radius 2 is 2.00 bits per heavy atom. The predicted molar refractivity (Wildman–Crippen MR) is 100 cm³/mol. The predicted octanol–water partition coefficient (Wildman–Crippen LogP) is 5.05. The van der Waals surface area contributed by atoms with E-state index in [1.54, 1.807) is 32.9 Å². The molecule has 1 aromatic carbocycles. The zero-order valence-corrected chi connectivity index (χ0v) is 16.4. The van der Waals surface area contributed by atoms with Crippen molar-refractivity contribution in [3.05, 3.63) is 27.7 Å². The molecule has 0 heterocycles. The summed E-state index contributed by atoms with van der Waals surface area (Å²) in [6.07, 6.45) is 4.55. The van der Waals surface area contributed by atoms with Crippen molar-refractivity contribution in [1.82, 2.24) is 5.32 Å². The third kappa shape index (κ3) is 4.59. The molecule has 1 aliphatic carbocycles. The van der Waals surface area contributed by atoms with Gasteiger partial charge in [-0.05, 0) is 57.2 Å². The van der Waals surface area contributed by atoms with Gasteiger partial charge in [0.2, 0.25) is 0 Å². The maximum absolute atomic E-state index is 12.6. The average molecular weight is 383 g/mol. The van der Waals surface area contributed by atoms with Gasteiger partial charge in [-0.15, -0.1) is 0 Å². The number of nitrogens with one attached hydrogen (secondary N) is 1. The van der Waals surface area contributed by atoms with E-state index in [-0.39, 0.29) is 11.8 Å². The first-order valence-corrected chi connectivity index (χ1v) is 9.38. The van der Waals surface area contributed by atoms with Gasteiger partial charge in [0.25, 0.3) is 5.91 Å². The minimum absolute atomic E-state index is 0.170. The molecule has 2 unspecified atom stereocenters. The third-order valence-corrected chi connectivity index (χ3v) is 5.87. The summed E-state index contributed by atoms with van der Waals surface area (Å²) in [4.78, 5) is 12.6. The highest BCUT2D eigenvalue weighted by atomic mass is 35.5. The second-order valence-corrected chi connectivity index (χ2v) is 7.67. The summed E-state index contributed by atoms with van der Waals surface area (Å²) in [5, 5.41) is 13.4. The number of halogens is 2. The van der Waals surface area contributed by atoms with Gasteiger partial charge in [-0.2, -0.15) is 5.26 Å². The Balaban J connectivity index is 2.06. The molecule has 25 heavy (non-hydrogen) atoms. The highest BCUT2D eigenvalue weighted by molar-refractivity contribution is 6.36. The van der Waals surface area contributed by atoms with Crippen LogP contribution in [-0.2, 0) is 4.79 Å². The van der Waals surface area contributed by atoms with E-state index >= 15 is 0 Å². The molecule has 0 radical (unpaired) electrons. The Labute approximate surface area is 159 Å². The molecule has 0 aromatic heterocycles. The van der Waals surface area contributed by atoms with Crippen LogP contribution in [-0.4, -0.2) is 17.6 Å². The lowest BCUT2D eigenvalue weighted by Crippen LogP contribution is -2.54. The maximum Gasteiger partial charge on any atom is 0.262 e. The molecule has 2 rings (SSSR count). The van der Waals surface area contributed by atoms with Crippen molar-refractivity contribution in [3.8, 4) is 11.8 Å². The van der Waals surface area contributed by atoms with E-state index in [1.165, 1.54) is 6.42 Å². The number of carbonyl (C=O) groups excluding carboxylic acids is 1. The van der Waals surface area contributed by atoms with E-state index < -0.39 is 11.6 Å². The Morgan fingerprint density at radius 1 is 1.36 bits per heavy atom. The molecule has 1 fully saturated rings. The van der Waals surface area contributed by atoms with Gasteiger partial charge in [0.15, 0.2) is 6.10 Å². The van der Waals surface area contributed by atoms with E-state index in [1.807, 2.05) is 0 Å². The molecule has 1 aliphatic rings. The largest absolute Gasteiger partial charge is 0.479 e. The number of rotatable bonds is 5. The zero-order valence-electron chi connectivity index (χ0n) is 14.9. The molecule has 0 bridgehead atoms. The summed E-state index contributed by atoms with van der Waals surface area (Å²) in [6.45, 7) is 5.24. The number of hydrogen-bond donors (Lipinski definition) is 1. The summed E-state index contributed by atoms with van der Waals surface area (Å²) < 4.78 is 5.71. The number of ether oxygens (including phenoxy) is 1. The standard InChI is InChI=1S/C19H24Cl2N2O2/c1-12-15(20)9-10-16(17(12)21)25-13(2)18(24)23-19(3,11-22)14-7-5-4-6-8-14/h9-10,13-14H,4-8H2,1-3H3,(H,23,24). The first kappa shape index (κ1) is 19.9. The fraction of sp³-hybridized carbons (Fsp3) is 0.579. The SMILES string of the molecule is Cc1c(Cl)ccc(OC(C)C(=O)NC(C)(C#N)C2CCCCC2)c1Cl. The normalized spacial score (nSPS) is 18.7. The molecule has 4 nitrogen and oxygen atoms in total. The van der Waals surface area contributed by atoms with Crippen molar-refractivity contribution >= 4 is 29.1 Å². The summed E-state index contributed by atoms with van der Waals surface area (Å²) in [5.74, 6) is 0.254. The molecular weight excluding hydrogens is 359 g/mol. The zero-order chi connectivity index (χ0) is 18.6. The van der Waals surface area contributed by atoms with Gasteiger partial charge in [0.1, 0.15) is 11.3 Å². The van der Waals surface area contributed by atoms with Crippen molar-refractivity contribution in [2.75, 3.05) is 0 Å². The highest BCUT2D eigenvalue weighted by Gasteiger charge is 2.37. The lowest BCUT2D eigenvalue weighted by Gasteiger charge is -2.35. The number of nitrogens with zero attached hydrogens (tertiary/aromatic N) is 1. The van der Waals surface area contributed by atoms with Crippen LogP contribution in [0, 0.1) is 24.2 Å². The van der Waals surface area contributed by atoms with E-state index in [0.29, 0.717) is 21.4 Å². The molecular formula is C19H24Cl2N2O2. The van der Waals surface area contributed by atoms with Crippen molar-refractivity contribution in [3.63, 3.8) is 0 Å². The van der Waals surface area contributed by atoms with Crippen LogP contribution in [0.1, 0.15) is 51.5 Å². The number of carbonyl (C=O) groups is 1. The Kier molecular flexibility index (Phi) is 6.59. The number of amides is 1. The Bertz CT molecular complexity index is 681. The van der Waals surface area contributed by atoms with Crippen molar-refractivity contribution in [2.24, 2.45) is 5.92 Å². The molecule has 0 spiro atoms. The first-order valence-electron chi connectivity index (χ1n) is 8.63. The van der Waals surface area contributed by atoms with Crippen LogP contribution < -0.4 is 10.1 Å². The van der Waals surface area contributed by atoms with Gasteiger partial charge in [0, 0.05) is 5.02 Å². The third-order valence-electron chi connectivity index (χ3n) is 4.99. The molecule has 1 amide bonds. The van der Waals surface area contributed by atoms with Crippen molar-refractivity contribution in [1.29, 1.82) is 5.26 Å². The quantitative estimate of drug-likeness (QED) is 0.774. The van der Waals surface area contributed by atoms with Gasteiger partial charge >= 0.3 is 0 Å². The summed E-state index contributed by atoms with van der Waals surface area (Å²) in [5.41, 5.74) is -0.174. The van der Waals surface area contributed by atoms with Crippen molar-refractivity contribution in [2.45, 2.75) is 64.5 Å². The molecule has 136 valence electrons. The average Bonchev–Trinajstić information content (AvgIpc) is 2.62. The van der Waals surface area contributed by atoms with Gasteiger partial charge in [0.05, 0.1) is 11.1 Å². The molecule has 6 heteroatoms. The number of hydrogen-bond acceptors (Lipinski definition) is 3. The van der Waals surface area contributed by atoms with Crippen LogP contribution in [0.25, 0.3) is 0 Å². The van der Waals surface area contributed by atoms with Gasteiger partial charge in [-0.25, -0.2) is 0 Å². The monoisotopic (exact) mass is 382 g/mol. The summed E-state index contributed by atoms with van der Waals surface area (Å²) >= 11 is 12.3. The number of nitriles is 1. The van der Waals surface area contributed by atoms with Crippen LogP contribution in [0.3, 0.4) is 0 Å². The van der Waals surface area contributed by atoms with Crippen LogP contribution in [0.2, 0.25) is 10.0 Å². The molecule has 0 saturated heterocycles. The molecule has 0 aliphatic heterocycles. The molecule has 1 aromatic rings. The Morgan fingerprint density at radius 3 is 2.60 bits per heavy atom. The van der Waals surface area contributed by atoms with Gasteiger partial charge in [-0.3, -0.25) is 4.79 Å².